The van der Waals surface area contributed by atoms with Crippen molar-refractivity contribution in [3.63, 3.8) is 0 Å². The second-order valence-corrected chi connectivity index (χ2v) is 7.43. The Kier molecular flexibility index (Phi) is 6.92. The van der Waals surface area contributed by atoms with Crippen LogP contribution in [0.3, 0.4) is 0 Å². The van der Waals surface area contributed by atoms with Gasteiger partial charge in [0.25, 0.3) is 0 Å². The number of amides is 1. The number of fused-ring (bicyclic) bond motifs is 1. The van der Waals surface area contributed by atoms with Gasteiger partial charge in [0.2, 0.25) is 0 Å². The van der Waals surface area contributed by atoms with Crippen molar-refractivity contribution in [2.24, 2.45) is 5.92 Å². The Labute approximate surface area is 172 Å². The number of nitriles is 1. The maximum Gasteiger partial charge on any atom is 0.409 e. The molecule has 1 atom stereocenters. The number of hydrogen-bond donors (Lipinski definition) is 0. The van der Waals surface area contributed by atoms with Gasteiger partial charge in [-0.3, -0.25) is 4.90 Å². The molecular formula is C20H27N3O4S. The number of carbonyl (C=O) groups excluding carboxylic acids is 1. The first-order valence-electron chi connectivity index (χ1n) is 9.69. The number of hydrogen-bond acceptors (Lipinski definition) is 6. The third kappa shape index (κ3) is 4.65. The predicted octanol–water partition coefficient (Wildman–Crippen LogP) is 2.37. The zero-order chi connectivity index (χ0) is 18.6. The molecule has 2 saturated heterocycles. The summed E-state index contributed by atoms with van der Waals surface area (Å²) < 4.78 is 16.8. The van der Waals surface area contributed by atoms with E-state index in [0.717, 1.165) is 52.0 Å². The van der Waals surface area contributed by atoms with Crippen molar-refractivity contribution in [3.05, 3.63) is 23.8 Å². The van der Waals surface area contributed by atoms with E-state index in [1.807, 2.05) is 17.0 Å². The SMILES string of the molecule is N#Cc1cccc2c1OC[C@H](CN1CCC(CCN3CCOC3=O)CC1)O2.S. The number of para-hydroxylation sites is 1. The Balaban J connectivity index is 0.00000225. The number of carbonyl (C=O) groups is 1. The van der Waals surface area contributed by atoms with Crippen molar-refractivity contribution in [1.29, 1.82) is 5.26 Å². The van der Waals surface area contributed by atoms with Crippen LogP contribution in [0.25, 0.3) is 0 Å². The molecule has 0 radical (unpaired) electrons. The zero-order valence-corrected chi connectivity index (χ0v) is 16.9. The smallest absolute Gasteiger partial charge is 0.409 e. The van der Waals surface area contributed by atoms with Gasteiger partial charge in [-0.1, -0.05) is 6.07 Å². The molecule has 3 aliphatic heterocycles. The van der Waals surface area contributed by atoms with Gasteiger partial charge >= 0.3 is 6.09 Å². The molecule has 3 heterocycles. The van der Waals surface area contributed by atoms with Crippen LogP contribution < -0.4 is 9.47 Å². The molecule has 3 aliphatic rings. The minimum atomic E-state index is -0.165. The molecule has 7 nitrogen and oxygen atoms in total. The predicted molar refractivity (Wildman–Crippen MR) is 108 cm³/mol. The summed E-state index contributed by atoms with van der Waals surface area (Å²) in [5.41, 5.74) is 0.522. The summed E-state index contributed by atoms with van der Waals surface area (Å²) in [6, 6.07) is 7.57. The van der Waals surface area contributed by atoms with Gasteiger partial charge < -0.3 is 19.1 Å². The lowest BCUT2D eigenvalue weighted by molar-refractivity contribution is 0.0466. The molecule has 1 amide bonds. The van der Waals surface area contributed by atoms with Crippen LogP contribution in [0.15, 0.2) is 18.2 Å². The average Bonchev–Trinajstić information content (AvgIpc) is 3.11. The molecule has 2 fully saturated rings. The Bertz CT molecular complexity index is 731. The van der Waals surface area contributed by atoms with Crippen LogP contribution in [-0.2, 0) is 4.74 Å². The van der Waals surface area contributed by atoms with E-state index in [1.54, 1.807) is 6.07 Å². The van der Waals surface area contributed by atoms with Gasteiger partial charge in [-0.2, -0.15) is 18.8 Å². The highest BCUT2D eigenvalue weighted by molar-refractivity contribution is 7.59. The van der Waals surface area contributed by atoms with Crippen LogP contribution in [0.2, 0.25) is 0 Å². The molecule has 1 aromatic rings. The average molecular weight is 406 g/mol. The zero-order valence-electron chi connectivity index (χ0n) is 15.9. The number of likely N-dealkylation sites (tertiary alicyclic amines) is 1. The van der Waals surface area contributed by atoms with Crippen LogP contribution >= 0.6 is 13.5 Å². The van der Waals surface area contributed by atoms with Crippen molar-refractivity contribution >= 4 is 19.6 Å². The highest BCUT2D eigenvalue weighted by atomic mass is 32.1. The minimum Gasteiger partial charge on any atom is -0.484 e. The van der Waals surface area contributed by atoms with Gasteiger partial charge in [0.05, 0.1) is 12.1 Å². The lowest BCUT2D eigenvalue weighted by atomic mass is 9.93. The van der Waals surface area contributed by atoms with E-state index in [0.29, 0.717) is 36.2 Å². The Morgan fingerprint density at radius 3 is 2.71 bits per heavy atom. The van der Waals surface area contributed by atoms with E-state index in [-0.39, 0.29) is 25.7 Å². The third-order valence-corrected chi connectivity index (χ3v) is 5.63. The summed E-state index contributed by atoms with van der Waals surface area (Å²) in [6.07, 6.45) is 3.16. The molecule has 0 aliphatic carbocycles. The summed E-state index contributed by atoms with van der Waals surface area (Å²) in [7, 11) is 0. The van der Waals surface area contributed by atoms with Crippen molar-refractivity contribution in [1.82, 2.24) is 9.80 Å². The highest BCUT2D eigenvalue weighted by Gasteiger charge is 2.28. The molecule has 28 heavy (non-hydrogen) atoms. The standard InChI is InChI=1S/C20H25N3O4.H2S/c21-12-16-2-1-3-18-19(16)26-14-17(27-18)13-22-7-4-15(5-8-22)6-9-23-10-11-25-20(23)24;/h1-3,15,17H,4-11,13-14H2;1H2/t17-;/m0./s1. The topological polar surface area (TPSA) is 75.0 Å². The van der Waals surface area contributed by atoms with Crippen molar-refractivity contribution < 1.29 is 19.0 Å². The van der Waals surface area contributed by atoms with Crippen LogP contribution in [-0.4, -0.2) is 67.9 Å². The van der Waals surface area contributed by atoms with Crippen molar-refractivity contribution in [3.8, 4) is 17.6 Å². The largest absolute Gasteiger partial charge is 0.484 e. The number of benzene rings is 1. The van der Waals surface area contributed by atoms with Gasteiger partial charge in [-0.05, 0) is 50.4 Å². The summed E-state index contributed by atoms with van der Waals surface area (Å²) >= 11 is 0. The van der Waals surface area contributed by atoms with E-state index in [2.05, 4.69) is 11.0 Å². The Morgan fingerprint density at radius 1 is 1.18 bits per heavy atom. The fourth-order valence-electron chi connectivity index (χ4n) is 4.04. The van der Waals surface area contributed by atoms with Crippen LogP contribution in [0.1, 0.15) is 24.8 Å². The summed E-state index contributed by atoms with van der Waals surface area (Å²) in [6.45, 7) is 5.46. The van der Waals surface area contributed by atoms with E-state index in [4.69, 9.17) is 19.5 Å². The van der Waals surface area contributed by atoms with Gasteiger partial charge in [0.15, 0.2) is 11.5 Å². The van der Waals surface area contributed by atoms with E-state index < -0.39 is 0 Å². The first-order chi connectivity index (χ1) is 13.2. The molecule has 0 aromatic heterocycles. The maximum atomic E-state index is 11.5. The Morgan fingerprint density at radius 2 is 2.00 bits per heavy atom. The van der Waals surface area contributed by atoms with E-state index in [1.165, 1.54) is 0 Å². The molecule has 0 spiro atoms. The van der Waals surface area contributed by atoms with Gasteiger partial charge in [0, 0.05) is 13.1 Å². The molecule has 152 valence electrons. The number of cyclic esters (lactones) is 1. The summed E-state index contributed by atoms with van der Waals surface area (Å²) in [5, 5.41) is 9.15. The monoisotopic (exact) mass is 405 g/mol. The molecule has 0 unspecified atom stereocenters. The van der Waals surface area contributed by atoms with E-state index in [9.17, 15) is 4.79 Å². The molecule has 0 bridgehead atoms. The fourth-order valence-corrected chi connectivity index (χ4v) is 4.04. The first-order valence-corrected chi connectivity index (χ1v) is 9.69. The van der Waals surface area contributed by atoms with Crippen LogP contribution in [0.4, 0.5) is 4.79 Å². The number of rotatable bonds is 5. The maximum absolute atomic E-state index is 11.5. The normalized spacial score (nSPS) is 22.3. The molecule has 8 heteroatoms. The first kappa shape index (κ1) is 20.6. The highest BCUT2D eigenvalue weighted by Crippen LogP contribution is 2.35. The number of piperidine rings is 1. The minimum absolute atomic E-state index is 0. The lowest BCUT2D eigenvalue weighted by Gasteiger charge is -2.36. The van der Waals surface area contributed by atoms with Gasteiger partial charge in [-0.15, -0.1) is 0 Å². The van der Waals surface area contributed by atoms with Crippen molar-refractivity contribution in [2.45, 2.75) is 25.4 Å². The lowest BCUT2D eigenvalue weighted by Crippen LogP contribution is -2.44. The second kappa shape index (κ2) is 9.39. The summed E-state index contributed by atoms with van der Waals surface area (Å²) in [5.74, 6) is 1.89. The van der Waals surface area contributed by atoms with E-state index >= 15 is 0 Å². The van der Waals surface area contributed by atoms with Crippen LogP contribution in [0, 0.1) is 17.2 Å². The Hall–Kier alpha value is -2.11. The second-order valence-electron chi connectivity index (χ2n) is 7.43. The molecule has 4 rings (SSSR count). The summed E-state index contributed by atoms with van der Waals surface area (Å²) in [4.78, 5) is 15.7. The van der Waals surface area contributed by atoms with Crippen molar-refractivity contribution in [2.75, 3.05) is 45.9 Å². The molecule has 0 N–H and O–H groups in total. The number of nitrogens with zero attached hydrogens (tertiary/aromatic N) is 3. The third-order valence-electron chi connectivity index (χ3n) is 5.63. The molecular weight excluding hydrogens is 378 g/mol. The number of ether oxygens (including phenoxy) is 3. The quantitative estimate of drug-likeness (QED) is 0.749. The fraction of sp³-hybridized carbons (Fsp3) is 0.600. The molecule has 1 aromatic carbocycles. The van der Waals surface area contributed by atoms with Crippen LogP contribution in [0.5, 0.6) is 11.5 Å². The van der Waals surface area contributed by atoms with Gasteiger partial charge in [-0.25, -0.2) is 4.79 Å². The van der Waals surface area contributed by atoms with Gasteiger partial charge in [0.1, 0.15) is 25.4 Å². The molecule has 0 saturated carbocycles.